The number of fused-ring (bicyclic) bond motifs is 1. The molecule has 0 bridgehead atoms. The van der Waals surface area contributed by atoms with Crippen LogP contribution in [0.15, 0.2) is 42.7 Å². The van der Waals surface area contributed by atoms with E-state index >= 15 is 0 Å². The lowest BCUT2D eigenvalue weighted by molar-refractivity contribution is -0.114. The minimum atomic E-state index is -0.108. The van der Waals surface area contributed by atoms with Gasteiger partial charge in [0.05, 0.1) is 14.2 Å². The first kappa shape index (κ1) is 16.5. The molecule has 0 saturated carbocycles. The number of carbonyl (C=O) groups is 1. The molecule has 25 heavy (non-hydrogen) atoms. The molecule has 0 unspecified atom stereocenters. The molecule has 7 nitrogen and oxygen atoms in total. The van der Waals surface area contributed by atoms with Crippen LogP contribution >= 0.6 is 0 Å². The Morgan fingerprint density at radius 1 is 0.960 bits per heavy atom. The van der Waals surface area contributed by atoms with Crippen molar-refractivity contribution in [2.45, 2.75) is 6.92 Å². The molecule has 0 spiro atoms. The molecule has 1 aromatic heterocycles. The third-order valence-corrected chi connectivity index (χ3v) is 3.62. The summed E-state index contributed by atoms with van der Waals surface area (Å²) in [5.41, 5.74) is 2.23. The third-order valence-electron chi connectivity index (χ3n) is 3.62. The lowest BCUT2D eigenvalue weighted by atomic mass is 10.2. The van der Waals surface area contributed by atoms with E-state index in [0.29, 0.717) is 22.8 Å². The number of nitrogens with one attached hydrogen (secondary N) is 2. The Hall–Kier alpha value is -3.35. The number of anilines is 3. The number of carbonyl (C=O) groups excluding carboxylic acids is 1. The van der Waals surface area contributed by atoms with Crippen molar-refractivity contribution in [3.63, 3.8) is 0 Å². The van der Waals surface area contributed by atoms with Crippen LogP contribution in [0, 0.1) is 0 Å². The Bertz CT molecular complexity index is 910. The van der Waals surface area contributed by atoms with Gasteiger partial charge in [-0.25, -0.2) is 9.97 Å². The summed E-state index contributed by atoms with van der Waals surface area (Å²) >= 11 is 0. The molecular weight excluding hydrogens is 320 g/mol. The maximum atomic E-state index is 11.1. The van der Waals surface area contributed by atoms with Gasteiger partial charge in [0.25, 0.3) is 0 Å². The average Bonchev–Trinajstić information content (AvgIpc) is 2.62. The van der Waals surface area contributed by atoms with Gasteiger partial charge in [-0.1, -0.05) is 0 Å². The van der Waals surface area contributed by atoms with Crippen LogP contribution in [0.2, 0.25) is 0 Å². The Morgan fingerprint density at radius 3 is 2.32 bits per heavy atom. The summed E-state index contributed by atoms with van der Waals surface area (Å²) in [5.74, 6) is 1.72. The Morgan fingerprint density at radius 2 is 1.68 bits per heavy atom. The molecule has 0 fully saturated rings. The molecule has 1 heterocycles. The van der Waals surface area contributed by atoms with E-state index in [2.05, 4.69) is 20.6 Å². The second-order valence-corrected chi connectivity index (χ2v) is 5.30. The van der Waals surface area contributed by atoms with Crippen LogP contribution < -0.4 is 20.1 Å². The molecule has 3 rings (SSSR count). The normalized spacial score (nSPS) is 10.4. The molecule has 3 aromatic rings. The predicted molar refractivity (Wildman–Crippen MR) is 96.7 cm³/mol. The average molecular weight is 338 g/mol. The highest BCUT2D eigenvalue weighted by Gasteiger charge is 2.13. The van der Waals surface area contributed by atoms with Gasteiger partial charge in [0.2, 0.25) is 5.91 Å². The molecule has 7 heteroatoms. The van der Waals surface area contributed by atoms with Crippen molar-refractivity contribution in [3.05, 3.63) is 42.7 Å². The van der Waals surface area contributed by atoms with Gasteiger partial charge in [-0.15, -0.1) is 0 Å². The van der Waals surface area contributed by atoms with Gasteiger partial charge in [0.1, 0.15) is 17.7 Å². The van der Waals surface area contributed by atoms with Crippen molar-refractivity contribution >= 4 is 34.0 Å². The minimum Gasteiger partial charge on any atom is -0.493 e. The van der Waals surface area contributed by atoms with Crippen LogP contribution in [0.4, 0.5) is 17.2 Å². The fourth-order valence-corrected chi connectivity index (χ4v) is 2.52. The fraction of sp³-hybridized carbons (Fsp3) is 0.167. The van der Waals surface area contributed by atoms with Crippen LogP contribution in [0.3, 0.4) is 0 Å². The molecule has 0 atom stereocenters. The Kier molecular flexibility index (Phi) is 4.65. The number of hydrogen-bond donors (Lipinski definition) is 2. The molecule has 0 saturated heterocycles. The number of methoxy groups -OCH3 is 2. The molecule has 0 radical (unpaired) electrons. The molecule has 2 aromatic carbocycles. The second kappa shape index (κ2) is 7.04. The summed E-state index contributed by atoms with van der Waals surface area (Å²) in [5, 5.41) is 6.80. The number of nitrogens with zero attached hydrogens (tertiary/aromatic N) is 2. The number of aromatic nitrogens is 2. The molecule has 1 amide bonds. The van der Waals surface area contributed by atoms with Crippen molar-refractivity contribution < 1.29 is 14.3 Å². The van der Waals surface area contributed by atoms with E-state index in [4.69, 9.17) is 9.47 Å². The van der Waals surface area contributed by atoms with E-state index in [1.54, 1.807) is 14.2 Å². The quantitative estimate of drug-likeness (QED) is 0.742. The van der Waals surface area contributed by atoms with E-state index in [1.165, 1.54) is 13.3 Å². The smallest absolute Gasteiger partial charge is 0.221 e. The van der Waals surface area contributed by atoms with Crippen molar-refractivity contribution in [2.75, 3.05) is 24.9 Å². The first-order valence-electron chi connectivity index (χ1n) is 7.62. The number of ether oxygens (including phenoxy) is 2. The third kappa shape index (κ3) is 3.45. The highest BCUT2D eigenvalue weighted by atomic mass is 16.5. The van der Waals surface area contributed by atoms with Gasteiger partial charge < -0.3 is 20.1 Å². The topological polar surface area (TPSA) is 85.4 Å². The molecule has 0 aliphatic rings. The van der Waals surface area contributed by atoms with Gasteiger partial charge in [-0.3, -0.25) is 4.79 Å². The summed E-state index contributed by atoms with van der Waals surface area (Å²) in [6.45, 7) is 1.47. The van der Waals surface area contributed by atoms with Crippen molar-refractivity contribution in [3.8, 4) is 11.5 Å². The highest BCUT2D eigenvalue weighted by molar-refractivity contribution is 5.96. The zero-order valence-corrected chi connectivity index (χ0v) is 14.2. The number of hydrogen-bond acceptors (Lipinski definition) is 6. The van der Waals surface area contributed by atoms with Crippen LogP contribution in [0.1, 0.15) is 6.92 Å². The molecule has 0 aliphatic heterocycles. The molecule has 128 valence electrons. The zero-order valence-electron chi connectivity index (χ0n) is 14.2. The van der Waals surface area contributed by atoms with E-state index in [1.807, 2.05) is 36.4 Å². The number of benzene rings is 2. The van der Waals surface area contributed by atoms with E-state index < -0.39 is 0 Å². The largest absolute Gasteiger partial charge is 0.493 e. The van der Waals surface area contributed by atoms with Crippen LogP contribution in [0.5, 0.6) is 11.5 Å². The van der Waals surface area contributed by atoms with Gasteiger partial charge in [0, 0.05) is 23.7 Å². The summed E-state index contributed by atoms with van der Waals surface area (Å²) in [7, 11) is 3.16. The van der Waals surface area contributed by atoms with Crippen LogP contribution in [-0.4, -0.2) is 30.1 Å². The molecular formula is C18H18N4O3. The van der Waals surface area contributed by atoms with Gasteiger partial charge in [-0.05, 0) is 36.4 Å². The maximum Gasteiger partial charge on any atom is 0.221 e. The van der Waals surface area contributed by atoms with Crippen molar-refractivity contribution in [1.29, 1.82) is 0 Å². The van der Waals surface area contributed by atoms with E-state index in [9.17, 15) is 4.79 Å². The van der Waals surface area contributed by atoms with E-state index in [-0.39, 0.29) is 5.91 Å². The molecule has 0 aliphatic carbocycles. The van der Waals surface area contributed by atoms with Crippen LogP contribution in [0.25, 0.3) is 10.9 Å². The number of rotatable bonds is 5. The fourth-order valence-electron chi connectivity index (χ4n) is 2.52. The van der Waals surface area contributed by atoms with E-state index in [0.717, 1.165) is 16.8 Å². The summed E-state index contributed by atoms with van der Waals surface area (Å²) in [6.07, 6.45) is 1.47. The molecule has 2 N–H and O–H groups in total. The lowest BCUT2D eigenvalue weighted by Gasteiger charge is -2.13. The van der Waals surface area contributed by atoms with Crippen molar-refractivity contribution in [2.24, 2.45) is 0 Å². The highest BCUT2D eigenvalue weighted by Crippen LogP contribution is 2.36. The van der Waals surface area contributed by atoms with Crippen molar-refractivity contribution in [1.82, 2.24) is 9.97 Å². The standard InChI is InChI=1S/C18H18N4O3/c1-11(23)21-12-4-6-13(7-5-12)22-18-14-8-9-15(24-2)17(25-3)16(14)19-10-20-18/h4-10H,1-3H3,(H,21,23)(H,19,20,22). The minimum absolute atomic E-state index is 0.108. The summed E-state index contributed by atoms with van der Waals surface area (Å²) in [4.78, 5) is 19.7. The Labute approximate surface area is 145 Å². The summed E-state index contributed by atoms with van der Waals surface area (Å²) in [6, 6.07) is 11.0. The second-order valence-electron chi connectivity index (χ2n) is 5.30. The van der Waals surface area contributed by atoms with Gasteiger partial charge in [0.15, 0.2) is 11.5 Å². The van der Waals surface area contributed by atoms with Crippen LogP contribution in [-0.2, 0) is 4.79 Å². The lowest BCUT2D eigenvalue weighted by Crippen LogP contribution is -2.05. The Balaban J connectivity index is 1.95. The monoisotopic (exact) mass is 338 g/mol. The first-order chi connectivity index (χ1) is 12.1. The number of amides is 1. The zero-order chi connectivity index (χ0) is 17.8. The van der Waals surface area contributed by atoms with Gasteiger partial charge >= 0.3 is 0 Å². The maximum absolute atomic E-state index is 11.1. The first-order valence-corrected chi connectivity index (χ1v) is 7.62. The SMILES string of the molecule is COc1ccc2c(Nc3ccc(NC(C)=O)cc3)ncnc2c1OC. The summed E-state index contributed by atoms with van der Waals surface area (Å²) < 4.78 is 10.7. The predicted octanol–water partition coefficient (Wildman–Crippen LogP) is 3.35. The van der Waals surface area contributed by atoms with Gasteiger partial charge in [-0.2, -0.15) is 0 Å².